The third-order valence-corrected chi connectivity index (χ3v) is 8.82. The number of carboxylic acids is 1. The first kappa shape index (κ1) is 26.1. The summed E-state index contributed by atoms with van der Waals surface area (Å²) in [5.74, 6) is -4.24. The van der Waals surface area contributed by atoms with Gasteiger partial charge >= 0.3 is 5.97 Å². The lowest BCUT2D eigenvalue weighted by Gasteiger charge is -2.39. The number of amides is 2. The maximum absolute atomic E-state index is 14.5. The molecule has 8 nitrogen and oxygen atoms in total. The van der Waals surface area contributed by atoms with E-state index in [9.17, 15) is 24.6 Å². The molecule has 3 saturated heterocycles. The summed E-state index contributed by atoms with van der Waals surface area (Å²) in [5.41, 5.74) is -0.823. The van der Waals surface area contributed by atoms with Gasteiger partial charge < -0.3 is 24.7 Å². The van der Waals surface area contributed by atoms with Crippen molar-refractivity contribution < 1.29 is 29.3 Å². The van der Waals surface area contributed by atoms with Crippen LogP contribution in [0.4, 0.5) is 0 Å². The number of hydrogen-bond acceptors (Lipinski definition) is 5. The third-order valence-electron chi connectivity index (χ3n) is 8.82. The maximum atomic E-state index is 14.5. The summed E-state index contributed by atoms with van der Waals surface area (Å²) in [7, 11) is 0. The average Bonchev–Trinajstić information content (AvgIpc) is 3.42. The average molecular weight is 519 g/mol. The van der Waals surface area contributed by atoms with Gasteiger partial charge in [0, 0.05) is 13.1 Å². The summed E-state index contributed by atoms with van der Waals surface area (Å²) in [4.78, 5) is 44.4. The van der Waals surface area contributed by atoms with Gasteiger partial charge in [-0.25, -0.2) is 0 Å². The Hall–Kier alpha value is -3.49. The topological polar surface area (TPSA) is 107 Å². The van der Waals surface area contributed by atoms with Crippen molar-refractivity contribution in [3.63, 3.8) is 0 Å². The number of aliphatic hydroxyl groups is 1. The second kappa shape index (κ2) is 9.67. The highest BCUT2D eigenvalue weighted by atomic mass is 16.5. The molecule has 2 N–H and O–H groups in total. The molecule has 3 unspecified atom stereocenters. The van der Waals surface area contributed by atoms with Crippen LogP contribution in [0.3, 0.4) is 0 Å². The summed E-state index contributed by atoms with van der Waals surface area (Å²) in [6, 6.07) is 16.6. The van der Waals surface area contributed by atoms with E-state index in [4.69, 9.17) is 4.74 Å². The highest BCUT2D eigenvalue weighted by Crippen LogP contribution is 2.66. The number of aliphatic carboxylic acids is 1. The fourth-order valence-corrected chi connectivity index (χ4v) is 7.06. The second-order valence-corrected chi connectivity index (χ2v) is 10.9. The molecule has 200 valence electrons. The Balaban J connectivity index is 1.65. The van der Waals surface area contributed by atoms with Crippen molar-refractivity contribution in [2.45, 2.75) is 50.1 Å². The Morgan fingerprint density at radius 1 is 1.18 bits per heavy atom. The Bertz CT molecular complexity index is 1240. The van der Waals surface area contributed by atoms with Gasteiger partial charge in [-0.3, -0.25) is 14.4 Å². The molecule has 3 fully saturated rings. The lowest BCUT2D eigenvalue weighted by atomic mass is 9.62. The number of carbonyl (C=O) groups is 3. The zero-order valence-corrected chi connectivity index (χ0v) is 21.7. The van der Waals surface area contributed by atoms with Crippen LogP contribution in [0.25, 0.3) is 0 Å². The van der Waals surface area contributed by atoms with Crippen LogP contribution in [0.2, 0.25) is 0 Å². The number of benzene rings is 2. The number of likely N-dealkylation sites (tertiary alicyclic amines) is 1. The quantitative estimate of drug-likeness (QED) is 0.494. The van der Waals surface area contributed by atoms with Crippen LogP contribution in [0, 0.1) is 17.8 Å². The van der Waals surface area contributed by atoms with Crippen LogP contribution in [-0.2, 0) is 25.7 Å². The second-order valence-electron chi connectivity index (χ2n) is 10.9. The van der Waals surface area contributed by atoms with Crippen molar-refractivity contribution >= 4 is 17.8 Å². The van der Waals surface area contributed by atoms with Gasteiger partial charge in [-0.15, -0.1) is 6.58 Å². The van der Waals surface area contributed by atoms with E-state index in [1.54, 1.807) is 42.2 Å². The van der Waals surface area contributed by atoms with Gasteiger partial charge in [0.05, 0.1) is 24.2 Å². The van der Waals surface area contributed by atoms with E-state index in [2.05, 4.69) is 6.58 Å². The van der Waals surface area contributed by atoms with E-state index >= 15 is 0 Å². The molecule has 0 aliphatic carbocycles. The third kappa shape index (κ3) is 3.77. The Labute approximate surface area is 222 Å². The minimum Gasteiger partial charge on any atom is -0.481 e. The summed E-state index contributed by atoms with van der Waals surface area (Å²) < 4.78 is 6.60. The maximum Gasteiger partial charge on any atom is 0.310 e. The summed E-state index contributed by atoms with van der Waals surface area (Å²) in [6.45, 7) is 7.59. The lowest BCUT2D eigenvalue weighted by Crippen LogP contribution is -2.57. The van der Waals surface area contributed by atoms with Crippen LogP contribution < -0.4 is 0 Å². The first-order chi connectivity index (χ1) is 18.2. The van der Waals surface area contributed by atoms with Crippen molar-refractivity contribution in [2.24, 2.45) is 17.8 Å². The zero-order valence-electron chi connectivity index (χ0n) is 21.7. The van der Waals surface area contributed by atoms with Gasteiger partial charge in [0.2, 0.25) is 11.8 Å². The Morgan fingerprint density at radius 3 is 2.39 bits per heavy atom. The highest BCUT2D eigenvalue weighted by Gasteiger charge is 2.80. The molecular formula is C30H34N2O6. The van der Waals surface area contributed by atoms with Gasteiger partial charge in [0.15, 0.2) is 0 Å². The van der Waals surface area contributed by atoms with Crippen LogP contribution in [-0.4, -0.2) is 68.2 Å². The molecule has 0 radical (unpaired) electrons. The predicted molar refractivity (Wildman–Crippen MR) is 140 cm³/mol. The lowest BCUT2D eigenvalue weighted by molar-refractivity contribution is -0.160. The predicted octanol–water partition coefficient (Wildman–Crippen LogP) is 3.03. The highest BCUT2D eigenvalue weighted by molar-refractivity contribution is 5.98. The van der Waals surface area contributed by atoms with Gasteiger partial charge in [-0.1, -0.05) is 73.7 Å². The molecule has 1 spiro atoms. The fourth-order valence-electron chi connectivity index (χ4n) is 7.06. The number of carbonyl (C=O) groups excluding carboxylic acids is 2. The first-order valence-electron chi connectivity index (χ1n) is 13.0. The van der Waals surface area contributed by atoms with E-state index in [0.29, 0.717) is 12.0 Å². The fraction of sp³-hybridized carbons (Fsp3) is 0.433. The number of nitrogens with zero attached hydrogens (tertiary/aromatic N) is 2. The molecule has 2 aromatic rings. The van der Waals surface area contributed by atoms with Gasteiger partial charge in [-0.2, -0.15) is 0 Å². The van der Waals surface area contributed by atoms with Crippen molar-refractivity contribution in [3.8, 4) is 0 Å². The molecule has 5 rings (SSSR count). The molecule has 3 heterocycles. The van der Waals surface area contributed by atoms with E-state index in [1.807, 2.05) is 43.3 Å². The number of carboxylic acid groups (broad SMARTS) is 1. The van der Waals surface area contributed by atoms with E-state index in [0.717, 1.165) is 5.56 Å². The van der Waals surface area contributed by atoms with E-state index in [1.165, 1.54) is 4.90 Å². The normalized spacial score (nSPS) is 32.2. The Morgan fingerprint density at radius 2 is 1.82 bits per heavy atom. The van der Waals surface area contributed by atoms with Crippen LogP contribution in [0.5, 0.6) is 0 Å². The number of hydrogen-bond donors (Lipinski definition) is 2. The number of ether oxygens (including phenoxy) is 1. The first-order valence-corrected chi connectivity index (χ1v) is 13.0. The molecule has 3 aliphatic heterocycles. The van der Waals surface area contributed by atoms with Crippen LogP contribution in [0.15, 0.2) is 73.3 Å². The zero-order chi connectivity index (χ0) is 27.2. The summed E-state index contributed by atoms with van der Waals surface area (Å²) in [6.07, 6.45) is 2.01. The number of rotatable bonds is 9. The monoisotopic (exact) mass is 518 g/mol. The number of fused-ring (bicyclic) bond motifs is 1. The minimum atomic E-state index is -1.32. The molecule has 8 heteroatoms. The minimum absolute atomic E-state index is 0.186. The molecule has 7 atom stereocenters. The van der Waals surface area contributed by atoms with Crippen molar-refractivity contribution in [3.05, 3.63) is 84.4 Å². The number of aliphatic hydroxyl groups excluding tert-OH is 1. The molecule has 3 aliphatic rings. The molecular weight excluding hydrogens is 484 g/mol. The largest absolute Gasteiger partial charge is 0.481 e. The van der Waals surface area contributed by atoms with Gasteiger partial charge in [-0.05, 0) is 30.4 Å². The smallest absolute Gasteiger partial charge is 0.310 e. The van der Waals surface area contributed by atoms with E-state index in [-0.39, 0.29) is 24.9 Å². The van der Waals surface area contributed by atoms with Crippen molar-refractivity contribution in [2.75, 3.05) is 13.2 Å². The van der Waals surface area contributed by atoms with Crippen LogP contribution in [0.1, 0.15) is 37.4 Å². The molecule has 0 aromatic heterocycles. The molecule has 0 saturated carbocycles. The summed E-state index contributed by atoms with van der Waals surface area (Å²) in [5, 5.41) is 20.8. The van der Waals surface area contributed by atoms with Crippen molar-refractivity contribution in [1.82, 2.24) is 9.80 Å². The molecule has 2 bridgehead atoms. The Kier molecular flexibility index (Phi) is 6.65. The van der Waals surface area contributed by atoms with Crippen molar-refractivity contribution in [1.29, 1.82) is 0 Å². The van der Waals surface area contributed by atoms with Crippen LogP contribution >= 0.6 is 0 Å². The van der Waals surface area contributed by atoms with E-state index < -0.39 is 53.6 Å². The molecule has 38 heavy (non-hydrogen) atoms. The molecule has 2 amide bonds. The molecule has 2 aromatic carbocycles. The van der Waals surface area contributed by atoms with Gasteiger partial charge in [0.25, 0.3) is 0 Å². The SMILES string of the molecule is C=CCN(Cc1ccccc1)C(=O)C1N([C@H](CO)c2ccccc2)C(=O)[C@@H]2[C@H](C(=O)O)[C@@]3(C)OC12CC3C. The summed E-state index contributed by atoms with van der Waals surface area (Å²) >= 11 is 0. The van der Waals surface area contributed by atoms with Gasteiger partial charge in [0.1, 0.15) is 17.6 Å². The standard InChI is InChI=1S/C30H34N2O6/c1-4-15-31(17-20-11-7-5-8-12-20)27(35)25-30-16-19(2)29(3,38-30)24(28(36)37)23(30)26(34)32(25)22(18-33)21-13-9-6-10-14-21/h4-14,19,22-25,33H,1,15-18H2,2-3H3,(H,36,37)/t19?,22-,23+,24-,25?,29+,30?/m1/s1.